The maximum atomic E-state index is 11.8. The van der Waals surface area contributed by atoms with Gasteiger partial charge in [-0.25, -0.2) is 4.79 Å². The van der Waals surface area contributed by atoms with Crippen LogP contribution in [-0.4, -0.2) is 22.7 Å². The molecule has 0 saturated carbocycles. The SMILES string of the molecule is N#Cc1ccccc1OCC(=O)OCc1nc(-c2ccccc2Cl)no1. The fourth-order valence-corrected chi connectivity index (χ4v) is 2.29. The van der Waals surface area contributed by atoms with Crippen LogP contribution in [0.2, 0.25) is 5.02 Å². The number of nitriles is 1. The zero-order valence-corrected chi connectivity index (χ0v) is 14.1. The van der Waals surface area contributed by atoms with Crippen molar-refractivity contribution >= 4 is 17.6 Å². The van der Waals surface area contributed by atoms with Crippen LogP contribution in [0.3, 0.4) is 0 Å². The molecule has 26 heavy (non-hydrogen) atoms. The number of rotatable bonds is 6. The van der Waals surface area contributed by atoms with Gasteiger partial charge >= 0.3 is 5.97 Å². The van der Waals surface area contributed by atoms with E-state index < -0.39 is 5.97 Å². The van der Waals surface area contributed by atoms with Crippen molar-refractivity contribution in [2.45, 2.75) is 6.61 Å². The minimum Gasteiger partial charge on any atom is -0.481 e. The number of hydrogen-bond acceptors (Lipinski definition) is 7. The quantitative estimate of drug-likeness (QED) is 0.614. The third-order valence-electron chi connectivity index (χ3n) is 3.29. The highest BCUT2D eigenvalue weighted by molar-refractivity contribution is 6.33. The second-order valence-corrected chi connectivity index (χ2v) is 5.46. The number of aromatic nitrogens is 2. The summed E-state index contributed by atoms with van der Waals surface area (Å²) in [5.74, 6) is 0.118. The molecule has 3 rings (SSSR count). The summed E-state index contributed by atoms with van der Waals surface area (Å²) >= 11 is 6.07. The van der Waals surface area contributed by atoms with E-state index in [0.29, 0.717) is 27.7 Å². The van der Waals surface area contributed by atoms with Crippen molar-refractivity contribution < 1.29 is 18.8 Å². The monoisotopic (exact) mass is 369 g/mol. The summed E-state index contributed by atoms with van der Waals surface area (Å²) in [5, 5.41) is 13.3. The molecule has 0 saturated heterocycles. The molecule has 0 radical (unpaired) electrons. The molecule has 0 aliphatic carbocycles. The van der Waals surface area contributed by atoms with Gasteiger partial charge in [0.1, 0.15) is 11.8 Å². The van der Waals surface area contributed by atoms with E-state index in [9.17, 15) is 4.79 Å². The lowest BCUT2D eigenvalue weighted by Gasteiger charge is -2.06. The maximum absolute atomic E-state index is 11.8. The average Bonchev–Trinajstić information content (AvgIpc) is 3.14. The van der Waals surface area contributed by atoms with E-state index in [-0.39, 0.29) is 19.1 Å². The normalized spacial score (nSPS) is 10.2. The van der Waals surface area contributed by atoms with Gasteiger partial charge in [-0.2, -0.15) is 10.2 Å². The maximum Gasteiger partial charge on any atom is 0.344 e. The van der Waals surface area contributed by atoms with E-state index >= 15 is 0 Å². The highest BCUT2D eigenvalue weighted by atomic mass is 35.5. The van der Waals surface area contributed by atoms with E-state index in [0.717, 1.165) is 0 Å². The Balaban J connectivity index is 1.54. The Labute approximate surface area is 153 Å². The zero-order valence-electron chi connectivity index (χ0n) is 13.4. The van der Waals surface area contributed by atoms with Crippen LogP contribution in [0.1, 0.15) is 11.5 Å². The first kappa shape index (κ1) is 17.5. The van der Waals surface area contributed by atoms with E-state index in [4.69, 9.17) is 30.9 Å². The molecule has 0 unspecified atom stereocenters. The van der Waals surface area contributed by atoms with Gasteiger partial charge < -0.3 is 14.0 Å². The molecule has 7 nitrogen and oxygen atoms in total. The number of ether oxygens (including phenoxy) is 2. The van der Waals surface area contributed by atoms with E-state index in [1.54, 1.807) is 48.5 Å². The van der Waals surface area contributed by atoms with Crippen LogP contribution >= 0.6 is 11.6 Å². The first-order chi connectivity index (χ1) is 12.7. The first-order valence-corrected chi connectivity index (χ1v) is 7.90. The van der Waals surface area contributed by atoms with E-state index in [2.05, 4.69) is 10.1 Å². The van der Waals surface area contributed by atoms with E-state index in [1.807, 2.05) is 6.07 Å². The van der Waals surface area contributed by atoms with Gasteiger partial charge in [0.05, 0.1) is 10.6 Å². The molecule has 0 bridgehead atoms. The molecule has 1 heterocycles. The van der Waals surface area contributed by atoms with Crippen molar-refractivity contribution in [2.75, 3.05) is 6.61 Å². The Morgan fingerprint density at radius 1 is 1.19 bits per heavy atom. The molecule has 0 fully saturated rings. The molecule has 130 valence electrons. The molecule has 0 N–H and O–H groups in total. The lowest BCUT2D eigenvalue weighted by molar-refractivity contribution is -0.148. The molecule has 3 aromatic rings. The summed E-state index contributed by atoms with van der Waals surface area (Å²) in [4.78, 5) is 15.9. The Kier molecular flexibility index (Phi) is 5.46. The summed E-state index contributed by atoms with van der Waals surface area (Å²) in [6, 6.07) is 15.6. The number of carbonyl (C=O) groups excluding carboxylic acids is 1. The van der Waals surface area contributed by atoms with Crippen LogP contribution in [-0.2, 0) is 16.1 Å². The number of nitrogens with zero attached hydrogens (tertiary/aromatic N) is 3. The molecule has 2 aromatic carbocycles. The Morgan fingerprint density at radius 2 is 1.96 bits per heavy atom. The number of benzene rings is 2. The third-order valence-corrected chi connectivity index (χ3v) is 3.62. The lowest BCUT2D eigenvalue weighted by Crippen LogP contribution is -2.15. The van der Waals surface area contributed by atoms with Gasteiger partial charge in [0, 0.05) is 5.56 Å². The molecular formula is C18H12ClN3O4. The number of halogens is 1. The number of esters is 1. The topological polar surface area (TPSA) is 98.2 Å². The number of hydrogen-bond donors (Lipinski definition) is 0. The van der Waals surface area contributed by atoms with Crippen molar-refractivity contribution in [3.63, 3.8) is 0 Å². The molecule has 0 aliphatic heterocycles. The predicted octanol–water partition coefficient (Wildman–Crippen LogP) is 3.38. The average molecular weight is 370 g/mol. The molecule has 0 spiro atoms. The molecule has 1 aromatic heterocycles. The Bertz CT molecular complexity index is 965. The van der Waals surface area contributed by atoms with Gasteiger partial charge in [0.15, 0.2) is 13.2 Å². The number of carbonyl (C=O) groups is 1. The Hall–Kier alpha value is -3.37. The van der Waals surface area contributed by atoms with Crippen LogP contribution in [0.4, 0.5) is 0 Å². The van der Waals surface area contributed by atoms with Gasteiger partial charge in [0.2, 0.25) is 5.82 Å². The highest BCUT2D eigenvalue weighted by Crippen LogP contribution is 2.25. The lowest BCUT2D eigenvalue weighted by atomic mass is 10.2. The third kappa shape index (κ3) is 4.18. The summed E-state index contributed by atoms with van der Waals surface area (Å²) in [6.07, 6.45) is 0. The van der Waals surface area contributed by atoms with Gasteiger partial charge in [-0.05, 0) is 24.3 Å². The summed E-state index contributed by atoms with van der Waals surface area (Å²) < 4.78 is 15.4. The minimum absolute atomic E-state index is 0.130. The predicted molar refractivity (Wildman–Crippen MR) is 91.2 cm³/mol. The molecule has 8 heteroatoms. The fraction of sp³-hybridized carbons (Fsp3) is 0.111. The van der Waals surface area contributed by atoms with Gasteiger partial charge in [-0.15, -0.1) is 0 Å². The van der Waals surface area contributed by atoms with Gasteiger partial charge in [-0.3, -0.25) is 0 Å². The van der Waals surface area contributed by atoms with Crippen LogP contribution < -0.4 is 4.74 Å². The summed E-state index contributed by atoms with van der Waals surface area (Å²) in [6.45, 7) is -0.538. The van der Waals surface area contributed by atoms with Gasteiger partial charge in [-0.1, -0.05) is 41.0 Å². The second kappa shape index (κ2) is 8.14. The van der Waals surface area contributed by atoms with Crippen LogP contribution in [0.5, 0.6) is 5.75 Å². The van der Waals surface area contributed by atoms with Crippen molar-refractivity contribution in [1.82, 2.24) is 10.1 Å². The molecular weight excluding hydrogens is 358 g/mol. The van der Waals surface area contributed by atoms with Crippen molar-refractivity contribution in [3.8, 4) is 23.2 Å². The zero-order chi connectivity index (χ0) is 18.4. The molecule has 0 aliphatic rings. The minimum atomic E-state index is -0.629. The van der Waals surface area contributed by atoms with Crippen molar-refractivity contribution in [3.05, 3.63) is 65.0 Å². The van der Waals surface area contributed by atoms with Gasteiger partial charge in [0.25, 0.3) is 5.89 Å². The largest absolute Gasteiger partial charge is 0.481 e. The van der Waals surface area contributed by atoms with Crippen LogP contribution in [0.25, 0.3) is 11.4 Å². The second-order valence-electron chi connectivity index (χ2n) is 5.05. The molecule has 0 amide bonds. The highest BCUT2D eigenvalue weighted by Gasteiger charge is 2.14. The summed E-state index contributed by atoms with van der Waals surface area (Å²) in [7, 11) is 0. The first-order valence-electron chi connectivity index (χ1n) is 7.52. The van der Waals surface area contributed by atoms with Crippen LogP contribution in [0, 0.1) is 11.3 Å². The van der Waals surface area contributed by atoms with Crippen molar-refractivity contribution in [1.29, 1.82) is 5.26 Å². The van der Waals surface area contributed by atoms with Crippen LogP contribution in [0.15, 0.2) is 53.1 Å². The van der Waals surface area contributed by atoms with Crippen molar-refractivity contribution in [2.24, 2.45) is 0 Å². The summed E-state index contributed by atoms with van der Waals surface area (Å²) in [5.41, 5.74) is 0.952. The van der Waals surface area contributed by atoms with E-state index in [1.165, 1.54) is 0 Å². The Morgan fingerprint density at radius 3 is 2.77 bits per heavy atom. The standard InChI is InChI=1S/C18H12ClN3O4/c19-14-7-3-2-6-13(14)18-21-16(26-22-18)10-25-17(23)11-24-15-8-4-1-5-12(15)9-20/h1-8H,10-11H2. The molecule has 0 atom stereocenters. The number of para-hydroxylation sites is 1. The fourth-order valence-electron chi connectivity index (χ4n) is 2.07. The smallest absolute Gasteiger partial charge is 0.344 e.